The Kier molecular flexibility index (Phi) is 6.09. The number of hydrogen-bond donors (Lipinski definition) is 1. The highest BCUT2D eigenvalue weighted by atomic mass is 16.2. The molecule has 0 aliphatic carbocycles. The van der Waals surface area contributed by atoms with Crippen molar-refractivity contribution in [3.8, 4) is 0 Å². The first-order chi connectivity index (χ1) is 8.43. The molecule has 0 saturated carbocycles. The molecule has 0 aromatic rings. The molecule has 2 unspecified atom stereocenters. The van der Waals surface area contributed by atoms with Crippen LogP contribution in [0, 0.1) is 5.92 Å². The zero-order valence-corrected chi connectivity index (χ0v) is 12.4. The van der Waals surface area contributed by atoms with Crippen LogP contribution >= 0.6 is 0 Å². The molecule has 4 nitrogen and oxygen atoms in total. The van der Waals surface area contributed by atoms with Crippen molar-refractivity contribution in [2.75, 3.05) is 26.7 Å². The third-order valence-electron chi connectivity index (χ3n) is 4.11. The van der Waals surface area contributed by atoms with Gasteiger partial charge in [0.1, 0.15) is 0 Å². The number of nitrogens with two attached hydrogens (primary N) is 1. The van der Waals surface area contributed by atoms with E-state index in [4.69, 9.17) is 5.73 Å². The van der Waals surface area contributed by atoms with Crippen LogP contribution in [0.15, 0.2) is 0 Å². The highest BCUT2D eigenvalue weighted by Crippen LogP contribution is 2.12. The Hall–Kier alpha value is -0.610. The molecule has 2 atom stereocenters. The highest BCUT2D eigenvalue weighted by molar-refractivity contribution is 5.81. The van der Waals surface area contributed by atoms with Gasteiger partial charge in [-0.3, -0.25) is 9.69 Å². The van der Waals surface area contributed by atoms with Gasteiger partial charge in [-0.15, -0.1) is 0 Å². The van der Waals surface area contributed by atoms with Crippen LogP contribution < -0.4 is 5.73 Å². The summed E-state index contributed by atoms with van der Waals surface area (Å²) >= 11 is 0. The lowest BCUT2D eigenvalue weighted by atomic mass is 10.0. The van der Waals surface area contributed by atoms with Gasteiger partial charge < -0.3 is 10.6 Å². The van der Waals surface area contributed by atoms with E-state index in [0.717, 1.165) is 38.9 Å². The van der Waals surface area contributed by atoms with Crippen molar-refractivity contribution in [2.24, 2.45) is 11.7 Å². The van der Waals surface area contributed by atoms with Gasteiger partial charge in [0, 0.05) is 25.7 Å². The quantitative estimate of drug-likeness (QED) is 0.778. The van der Waals surface area contributed by atoms with Crippen molar-refractivity contribution >= 4 is 5.91 Å². The smallest absolute Gasteiger partial charge is 0.239 e. The third-order valence-corrected chi connectivity index (χ3v) is 4.11. The minimum absolute atomic E-state index is 0.0255. The van der Waals surface area contributed by atoms with E-state index in [9.17, 15) is 4.79 Å². The summed E-state index contributed by atoms with van der Waals surface area (Å²) < 4.78 is 0. The van der Waals surface area contributed by atoms with Crippen molar-refractivity contribution < 1.29 is 4.79 Å². The first-order valence-corrected chi connectivity index (χ1v) is 7.18. The predicted molar refractivity (Wildman–Crippen MR) is 75.3 cm³/mol. The van der Waals surface area contributed by atoms with E-state index in [2.05, 4.69) is 18.7 Å². The Balaban J connectivity index is 2.35. The molecule has 2 N–H and O–H groups in total. The van der Waals surface area contributed by atoms with Crippen molar-refractivity contribution in [2.45, 2.75) is 52.1 Å². The van der Waals surface area contributed by atoms with E-state index in [0.29, 0.717) is 5.92 Å². The monoisotopic (exact) mass is 255 g/mol. The summed E-state index contributed by atoms with van der Waals surface area (Å²) in [5.74, 6) is 0.774. The molecular formula is C14H29N3O. The Morgan fingerprint density at radius 3 is 2.33 bits per heavy atom. The molecular weight excluding hydrogens is 226 g/mol. The minimum Gasteiger partial charge on any atom is -0.341 e. The average Bonchev–Trinajstić information content (AvgIpc) is 2.87. The summed E-state index contributed by atoms with van der Waals surface area (Å²) in [5.41, 5.74) is 6.04. The second kappa shape index (κ2) is 7.10. The maximum absolute atomic E-state index is 12.2. The van der Waals surface area contributed by atoms with Gasteiger partial charge in [-0.05, 0) is 39.2 Å². The maximum Gasteiger partial charge on any atom is 0.239 e. The van der Waals surface area contributed by atoms with Crippen LogP contribution in [0.25, 0.3) is 0 Å². The van der Waals surface area contributed by atoms with Crippen molar-refractivity contribution in [3.63, 3.8) is 0 Å². The second-order valence-electron chi connectivity index (χ2n) is 5.89. The van der Waals surface area contributed by atoms with Crippen molar-refractivity contribution in [1.82, 2.24) is 9.80 Å². The van der Waals surface area contributed by atoms with Crippen LogP contribution in [0.1, 0.15) is 40.0 Å². The number of likely N-dealkylation sites (tertiary alicyclic amines) is 1. The first-order valence-electron chi connectivity index (χ1n) is 7.18. The number of carbonyl (C=O) groups excluding carboxylic acids is 1. The summed E-state index contributed by atoms with van der Waals surface area (Å²) in [4.78, 5) is 16.3. The number of carbonyl (C=O) groups is 1. The standard InChI is InChI=1S/C14H29N3O/c1-11(2)13(15)7-10-16(4)12(3)14(18)17-8-5-6-9-17/h11-13H,5-10,15H2,1-4H3. The Bertz CT molecular complexity index is 262. The Labute approximate surface area is 111 Å². The van der Waals surface area contributed by atoms with Crippen molar-refractivity contribution in [3.05, 3.63) is 0 Å². The van der Waals surface area contributed by atoms with E-state index in [1.807, 2.05) is 18.9 Å². The van der Waals surface area contributed by atoms with Crippen LogP contribution in [0.5, 0.6) is 0 Å². The van der Waals surface area contributed by atoms with Crippen LogP contribution in [0.3, 0.4) is 0 Å². The summed E-state index contributed by atoms with van der Waals surface area (Å²) in [6.07, 6.45) is 3.26. The SMILES string of the molecule is CC(C)C(N)CCN(C)C(C)C(=O)N1CCCC1. The molecule has 0 aromatic heterocycles. The van der Waals surface area contributed by atoms with Gasteiger partial charge in [0.2, 0.25) is 5.91 Å². The molecule has 1 aliphatic rings. The number of hydrogen-bond acceptors (Lipinski definition) is 3. The lowest BCUT2D eigenvalue weighted by molar-refractivity contribution is -0.134. The van der Waals surface area contributed by atoms with Crippen LogP contribution in [0.4, 0.5) is 0 Å². The number of nitrogens with zero attached hydrogens (tertiary/aromatic N) is 2. The van der Waals surface area contributed by atoms with Crippen LogP contribution in [-0.4, -0.2) is 54.5 Å². The molecule has 18 heavy (non-hydrogen) atoms. The summed E-state index contributed by atoms with van der Waals surface area (Å²) in [6, 6.07) is 0.198. The highest BCUT2D eigenvalue weighted by Gasteiger charge is 2.25. The molecule has 1 fully saturated rings. The van der Waals surface area contributed by atoms with Gasteiger partial charge in [0.15, 0.2) is 0 Å². The van der Waals surface area contributed by atoms with Crippen LogP contribution in [-0.2, 0) is 4.79 Å². The lowest BCUT2D eigenvalue weighted by Gasteiger charge is -2.29. The fourth-order valence-corrected chi connectivity index (χ4v) is 2.27. The maximum atomic E-state index is 12.2. The number of rotatable bonds is 6. The largest absolute Gasteiger partial charge is 0.341 e. The van der Waals surface area contributed by atoms with Gasteiger partial charge in [-0.2, -0.15) is 0 Å². The Morgan fingerprint density at radius 1 is 1.28 bits per heavy atom. The molecule has 1 saturated heterocycles. The minimum atomic E-state index is -0.0255. The van der Waals surface area contributed by atoms with E-state index in [-0.39, 0.29) is 18.0 Å². The average molecular weight is 255 g/mol. The second-order valence-corrected chi connectivity index (χ2v) is 5.89. The summed E-state index contributed by atoms with van der Waals surface area (Å²) in [5, 5.41) is 0. The molecule has 0 aromatic carbocycles. The summed E-state index contributed by atoms with van der Waals surface area (Å²) in [7, 11) is 2.02. The van der Waals surface area contributed by atoms with Gasteiger partial charge >= 0.3 is 0 Å². The fraction of sp³-hybridized carbons (Fsp3) is 0.929. The molecule has 0 radical (unpaired) electrons. The molecule has 0 spiro atoms. The number of likely N-dealkylation sites (N-methyl/N-ethyl adjacent to an activating group) is 1. The topological polar surface area (TPSA) is 49.6 Å². The summed E-state index contributed by atoms with van der Waals surface area (Å²) in [6.45, 7) is 9.04. The van der Waals surface area contributed by atoms with E-state index in [1.54, 1.807) is 0 Å². The normalized spacial score (nSPS) is 19.6. The van der Waals surface area contributed by atoms with Gasteiger partial charge in [0.05, 0.1) is 6.04 Å². The van der Waals surface area contributed by atoms with E-state index >= 15 is 0 Å². The number of amides is 1. The molecule has 4 heteroatoms. The molecule has 1 amide bonds. The molecule has 0 bridgehead atoms. The zero-order chi connectivity index (χ0) is 13.7. The first kappa shape index (κ1) is 15.4. The molecule has 1 heterocycles. The molecule has 106 valence electrons. The van der Waals surface area contributed by atoms with Gasteiger partial charge in [0.25, 0.3) is 0 Å². The third kappa shape index (κ3) is 4.25. The van der Waals surface area contributed by atoms with E-state index in [1.165, 1.54) is 0 Å². The van der Waals surface area contributed by atoms with Crippen LogP contribution in [0.2, 0.25) is 0 Å². The van der Waals surface area contributed by atoms with E-state index < -0.39 is 0 Å². The lowest BCUT2D eigenvalue weighted by Crippen LogP contribution is -2.45. The zero-order valence-electron chi connectivity index (χ0n) is 12.4. The van der Waals surface area contributed by atoms with Gasteiger partial charge in [-0.1, -0.05) is 13.8 Å². The van der Waals surface area contributed by atoms with Gasteiger partial charge in [-0.25, -0.2) is 0 Å². The molecule has 1 aliphatic heterocycles. The predicted octanol–water partition coefficient (Wildman–Crippen LogP) is 1.30. The van der Waals surface area contributed by atoms with Crippen molar-refractivity contribution in [1.29, 1.82) is 0 Å². The Morgan fingerprint density at radius 2 is 1.83 bits per heavy atom. The fourth-order valence-electron chi connectivity index (χ4n) is 2.27. The molecule has 1 rings (SSSR count).